The van der Waals surface area contributed by atoms with Gasteiger partial charge in [-0.15, -0.1) is 0 Å². The molecule has 2 atom stereocenters. The van der Waals surface area contributed by atoms with Gasteiger partial charge in [0.2, 0.25) is 0 Å². The molecule has 4 aliphatic heterocycles. The minimum atomic E-state index is -1.68. The van der Waals surface area contributed by atoms with E-state index in [9.17, 15) is 9.59 Å². The molecule has 6 rings (SSSR count). The van der Waals surface area contributed by atoms with Crippen molar-refractivity contribution in [2.75, 3.05) is 63.2 Å². The summed E-state index contributed by atoms with van der Waals surface area (Å²) < 4.78 is 24.5. The fourth-order valence-corrected chi connectivity index (χ4v) is 5.47. The van der Waals surface area contributed by atoms with E-state index in [0.717, 1.165) is 22.5 Å². The molecule has 0 aliphatic carbocycles. The molecule has 40 heavy (non-hydrogen) atoms. The van der Waals surface area contributed by atoms with Gasteiger partial charge in [-0.2, -0.15) is 0 Å². The van der Waals surface area contributed by atoms with Crippen LogP contribution in [0.2, 0.25) is 0 Å². The second-order valence-electron chi connectivity index (χ2n) is 10.4. The van der Waals surface area contributed by atoms with Crippen LogP contribution in [0.4, 0.5) is 11.4 Å². The molecule has 2 aromatic carbocycles. The Hall–Kier alpha value is -4.48. The van der Waals surface area contributed by atoms with Crippen molar-refractivity contribution >= 4 is 35.0 Å². The lowest BCUT2D eigenvalue weighted by molar-refractivity contribution is -0.202. The largest absolute Gasteiger partial charge is 0.442 e. The number of rotatable bonds is 4. The summed E-state index contributed by atoms with van der Waals surface area (Å²) in [6, 6.07) is 11.5. The SMILES string of the molecule is Cc1cccc2c1OC(OC(=O)C(=O)OC1(C3=NCCN3)CN(C)c3cccc(C)c3O1)(C1=NCCN1)CN2C. The maximum Gasteiger partial charge on any atom is 0.421 e. The lowest BCUT2D eigenvalue weighted by atomic mass is 10.1. The molecule has 0 spiro atoms. The highest BCUT2D eigenvalue weighted by atomic mass is 16.8. The van der Waals surface area contributed by atoms with Crippen LogP contribution in [0, 0.1) is 13.8 Å². The summed E-state index contributed by atoms with van der Waals surface area (Å²) in [5.74, 6) is -4.07. The molecule has 0 bridgehead atoms. The van der Waals surface area contributed by atoms with Crippen LogP contribution in [0.5, 0.6) is 11.5 Å². The average Bonchev–Trinajstić information content (AvgIpc) is 3.66. The number of carbonyl (C=O) groups excluding carboxylic acids is 2. The summed E-state index contributed by atoms with van der Waals surface area (Å²) in [5.41, 5.74) is 3.37. The zero-order valence-electron chi connectivity index (χ0n) is 22.9. The first-order chi connectivity index (χ1) is 19.2. The molecule has 0 radical (unpaired) electrons. The van der Waals surface area contributed by atoms with Gasteiger partial charge < -0.3 is 39.4 Å². The Morgan fingerprint density at radius 2 is 1.20 bits per heavy atom. The summed E-state index contributed by atoms with van der Waals surface area (Å²) in [4.78, 5) is 39.8. The number of likely N-dealkylation sites (N-methyl/N-ethyl adjacent to an activating group) is 2. The predicted octanol–water partition coefficient (Wildman–Crippen LogP) is 1.14. The number of fused-ring (bicyclic) bond motifs is 2. The number of hydrogen-bond acceptors (Lipinski definition) is 12. The van der Waals surface area contributed by atoms with Crippen molar-refractivity contribution in [3.8, 4) is 11.5 Å². The van der Waals surface area contributed by atoms with Gasteiger partial charge in [0, 0.05) is 27.2 Å². The molecule has 12 heteroatoms. The molecule has 0 amide bonds. The summed E-state index contributed by atoms with van der Waals surface area (Å²) in [5, 5.41) is 6.29. The van der Waals surface area contributed by atoms with Crippen molar-refractivity contribution < 1.29 is 28.5 Å². The van der Waals surface area contributed by atoms with Crippen molar-refractivity contribution in [3.63, 3.8) is 0 Å². The third-order valence-electron chi connectivity index (χ3n) is 7.38. The molecule has 4 aliphatic rings. The van der Waals surface area contributed by atoms with Crippen LogP contribution in [0.3, 0.4) is 0 Å². The molecule has 2 N–H and O–H groups in total. The van der Waals surface area contributed by atoms with Gasteiger partial charge in [0.05, 0.1) is 24.5 Å². The quantitative estimate of drug-likeness (QED) is 0.424. The Morgan fingerprint density at radius 1 is 0.775 bits per heavy atom. The minimum Gasteiger partial charge on any atom is -0.442 e. The van der Waals surface area contributed by atoms with Crippen molar-refractivity contribution in [1.29, 1.82) is 0 Å². The summed E-state index contributed by atoms with van der Waals surface area (Å²) in [6.07, 6.45) is 0. The normalized spacial score (nSPS) is 24.8. The first-order valence-corrected chi connectivity index (χ1v) is 13.2. The van der Waals surface area contributed by atoms with E-state index in [-0.39, 0.29) is 13.1 Å². The number of para-hydroxylation sites is 2. The number of ether oxygens (including phenoxy) is 4. The Kier molecular flexibility index (Phi) is 6.20. The maximum absolute atomic E-state index is 13.5. The van der Waals surface area contributed by atoms with Crippen LogP contribution in [-0.2, 0) is 19.1 Å². The van der Waals surface area contributed by atoms with E-state index in [4.69, 9.17) is 18.9 Å². The van der Waals surface area contributed by atoms with Crippen molar-refractivity contribution in [2.24, 2.45) is 9.98 Å². The first kappa shape index (κ1) is 25.8. The Balaban J connectivity index is 1.31. The van der Waals surface area contributed by atoms with Gasteiger partial charge in [-0.3, -0.25) is 9.98 Å². The second-order valence-corrected chi connectivity index (χ2v) is 10.4. The van der Waals surface area contributed by atoms with Gasteiger partial charge in [0.25, 0.3) is 0 Å². The highest BCUT2D eigenvalue weighted by molar-refractivity contribution is 6.30. The molecule has 0 aromatic heterocycles. The van der Waals surface area contributed by atoms with E-state index < -0.39 is 23.5 Å². The number of aryl methyl sites for hydroxylation is 2. The minimum absolute atomic E-state index is 0.111. The zero-order chi connectivity index (χ0) is 28.1. The number of aliphatic imine (C=N–C) groups is 2. The lowest BCUT2D eigenvalue weighted by Gasteiger charge is -2.43. The summed E-state index contributed by atoms with van der Waals surface area (Å²) >= 11 is 0. The van der Waals surface area contributed by atoms with Gasteiger partial charge in [-0.25, -0.2) is 9.59 Å². The van der Waals surface area contributed by atoms with Gasteiger partial charge in [-0.05, 0) is 37.1 Å². The molecule has 2 aromatic rings. The third kappa shape index (κ3) is 4.23. The first-order valence-electron chi connectivity index (χ1n) is 13.2. The van der Waals surface area contributed by atoms with Gasteiger partial charge in [0.15, 0.2) is 23.2 Å². The predicted molar refractivity (Wildman–Crippen MR) is 148 cm³/mol. The monoisotopic (exact) mass is 548 g/mol. The number of carbonyl (C=O) groups is 2. The van der Waals surface area contributed by atoms with E-state index in [0.29, 0.717) is 49.3 Å². The van der Waals surface area contributed by atoms with Crippen LogP contribution in [0.15, 0.2) is 46.4 Å². The summed E-state index contributed by atoms with van der Waals surface area (Å²) in [6.45, 7) is 6.11. The molecular formula is C28H32N6O6. The molecule has 0 fully saturated rings. The van der Waals surface area contributed by atoms with Crippen LogP contribution >= 0.6 is 0 Å². The number of benzene rings is 2. The molecule has 0 saturated heterocycles. The van der Waals surface area contributed by atoms with Crippen molar-refractivity contribution in [2.45, 2.75) is 25.4 Å². The van der Waals surface area contributed by atoms with Crippen LogP contribution in [-0.4, -0.2) is 88.5 Å². The van der Waals surface area contributed by atoms with E-state index in [1.165, 1.54) is 0 Å². The number of nitrogens with zero attached hydrogens (tertiary/aromatic N) is 4. The van der Waals surface area contributed by atoms with Crippen LogP contribution in [0.1, 0.15) is 11.1 Å². The maximum atomic E-state index is 13.5. The molecule has 4 heterocycles. The Bertz CT molecular complexity index is 1330. The fourth-order valence-electron chi connectivity index (χ4n) is 5.47. The number of esters is 2. The van der Waals surface area contributed by atoms with E-state index in [2.05, 4.69) is 20.6 Å². The second kappa shape index (κ2) is 9.61. The summed E-state index contributed by atoms with van der Waals surface area (Å²) in [7, 11) is 3.73. The van der Waals surface area contributed by atoms with Crippen molar-refractivity contribution in [1.82, 2.24) is 10.6 Å². The molecular weight excluding hydrogens is 516 g/mol. The highest BCUT2D eigenvalue weighted by Crippen LogP contribution is 2.41. The van der Waals surface area contributed by atoms with Crippen molar-refractivity contribution in [3.05, 3.63) is 47.5 Å². The number of amidine groups is 2. The standard InChI is InChI=1S/C28H32N6O6/c1-17-7-5-9-19-21(17)37-27(15-33(19)3,25-29-11-12-30-25)39-23(35)24(36)40-28(26-31-13-14-32-26)16-34(4)20-10-6-8-18(2)22(20)38-28/h5-10H,11-16H2,1-4H3,(H,29,30)(H,31,32). The van der Waals surface area contributed by atoms with E-state index in [1.54, 1.807) is 0 Å². The fraction of sp³-hybridized carbons (Fsp3) is 0.429. The Morgan fingerprint density at radius 3 is 1.57 bits per heavy atom. The van der Waals surface area contributed by atoms with E-state index >= 15 is 0 Å². The molecule has 210 valence electrons. The smallest absolute Gasteiger partial charge is 0.421 e. The highest BCUT2D eigenvalue weighted by Gasteiger charge is 2.53. The van der Waals surface area contributed by atoms with Gasteiger partial charge >= 0.3 is 23.5 Å². The van der Waals surface area contributed by atoms with Crippen LogP contribution in [0.25, 0.3) is 0 Å². The van der Waals surface area contributed by atoms with E-state index in [1.807, 2.05) is 74.1 Å². The number of nitrogens with one attached hydrogen (secondary N) is 2. The number of hydrogen-bond donors (Lipinski definition) is 2. The molecule has 2 unspecified atom stereocenters. The zero-order valence-corrected chi connectivity index (χ0v) is 22.9. The average molecular weight is 549 g/mol. The van der Waals surface area contributed by atoms with Crippen LogP contribution < -0.4 is 29.9 Å². The van der Waals surface area contributed by atoms with Gasteiger partial charge in [0.1, 0.15) is 13.1 Å². The third-order valence-corrected chi connectivity index (χ3v) is 7.38. The molecule has 0 saturated carbocycles. The topological polar surface area (TPSA) is 126 Å². The number of anilines is 2. The van der Waals surface area contributed by atoms with Gasteiger partial charge in [-0.1, -0.05) is 24.3 Å². The lowest BCUT2D eigenvalue weighted by Crippen LogP contribution is -2.63. The molecule has 12 nitrogen and oxygen atoms in total. The Labute approximate surface area is 231 Å².